The number of nitrogens with one attached hydrogen (secondary N) is 1. The Morgan fingerprint density at radius 1 is 1.00 bits per heavy atom. The van der Waals surface area contributed by atoms with Gasteiger partial charge in [-0.2, -0.15) is 0 Å². The lowest BCUT2D eigenvalue weighted by Crippen LogP contribution is -2.31. The smallest absolute Gasteiger partial charge is 0.254 e. The molecule has 0 radical (unpaired) electrons. The van der Waals surface area contributed by atoms with Crippen molar-refractivity contribution >= 4 is 5.91 Å². The zero-order chi connectivity index (χ0) is 19.9. The summed E-state index contributed by atoms with van der Waals surface area (Å²) in [4.78, 5) is 28.8. The van der Waals surface area contributed by atoms with Crippen LogP contribution < -0.4 is 20.3 Å². The molecule has 3 rings (SSSR count). The van der Waals surface area contributed by atoms with Gasteiger partial charge in [-0.05, 0) is 42.0 Å². The second kappa shape index (κ2) is 8.85. The van der Waals surface area contributed by atoms with Crippen molar-refractivity contribution in [2.24, 2.45) is 0 Å². The number of rotatable bonds is 7. The van der Waals surface area contributed by atoms with E-state index in [4.69, 9.17) is 9.47 Å². The van der Waals surface area contributed by atoms with Gasteiger partial charge in [0.05, 0.1) is 26.2 Å². The molecule has 28 heavy (non-hydrogen) atoms. The number of carbonyl (C=O) groups is 1. The van der Waals surface area contributed by atoms with E-state index in [1.807, 2.05) is 36.4 Å². The van der Waals surface area contributed by atoms with Crippen LogP contribution in [-0.4, -0.2) is 29.7 Å². The van der Waals surface area contributed by atoms with Crippen LogP contribution in [0.1, 0.15) is 5.56 Å². The minimum Gasteiger partial charge on any atom is -0.497 e. The predicted octanol–water partition coefficient (Wildman–Crippen LogP) is 2.24. The lowest BCUT2D eigenvalue weighted by Gasteiger charge is -2.09. The molecule has 0 spiro atoms. The molecule has 7 nitrogen and oxygen atoms in total. The van der Waals surface area contributed by atoms with E-state index >= 15 is 0 Å². The van der Waals surface area contributed by atoms with E-state index in [0.29, 0.717) is 12.2 Å². The Balaban J connectivity index is 1.61. The zero-order valence-electron chi connectivity index (χ0n) is 15.7. The molecule has 1 aromatic heterocycles. The number of ether oxygens (including phenoxy) is 2. The van der Waals surface area contributed by atoms with E-state index in [1.165, 1.54) is 17.0 Å². The summed E-state index contributed by atoms with van der Waals surface area (Å²) in [5, 5.41) is 2.79. The van der Waals surface area contributed by atoms with E-state index in [-0.39, 0.29) is 18.0 Å². The summed E-state index contributed by atoms with van der Waals surface area (Å²) in [6.45, 7) is 0.278. The summed E-state index contributed by atoms with van der Waals surface area (Å²) < 4.78 is 11.5. The summed E-state index contributed by atoms with van der Waals surface area (Å²) in [6.07, 6.45) is 1.38. The van der Waals surface area contributed by atoms with Crippen molar-refractivity contribution in [3.63, 3.8) is 0 Å². The molecule has 0 bridgehead atoms. The largest absolute Gasteiger partial charge is 0.497 e. The number of hydrogen-bond acceptors (Lipinski definition) is 5. The second-order valence-corrected chi connectivity index (χ2v) is 6.09. The highest BCUT2D eigenvalue weighted by Gasteiger charge is 2.07. The molecule has 7 heteroatoms. The van der Waals surface area contributed by atoms with Crippen LogP contribution in [0.4, 0.5) is 0 Å². The minimum atomic E-state index is -0.291. The van der Waals surface area contributed by atoms with Gasteiger partial charge in [-0.15, -0.1) is 0 Å². The van der Waals surface area contributed by atoms with E-state index in [1.54, 1.807) is 26.4 Å². The fourth-order valence-electron chi connectivity index (χ4n) is 2.62. The van der Waals surface area contributed by atoms with Gasteiger partial charge in [-0.25, -0.2) is 4.98 Å². The van der Waals surface area contributed by atoms with Gasteiger partial charge in [0.25, 0.3) is 5.56 Å². The van der Waals surface area contributed by atoms with Gasteiger partial charge in [0.15, 0.2) is 0 Å². The Bertz CT molecular complexity index is 995. The summed E-state index contributed by atoms with van der Waals surface area (Å²) in [5.74, 6) is 1.21. The predicted molar refractivity (Wildman–Crippen MR) is 105 cm³/mol. The number of hydrogen-bond donors (Lipinski definition) is 1. The van der Waals surface area contributed by atoms with Crippen molar-refractivity contribution in [2.75, 3.05) is 14.2 Å². The molecule has 144 valence electrons. The monoisotopic (exact) mass is 379 g/mol. The van der Waals surface area contributed by atoms with E-state index in [2.05, 4.69) is 10.3 Å². The number of benzene rings is 2. The molecule has 0 saturated heterocycles. The maximum Gasteiger partial charge on any atom is 0.254 e. The van der Waals surface area contributed by atoms with Gasteiger partial charge >= 0.3 is 0 Å². The molecule has 0 atom stereocenters. The van der Waals surface area contributed by atoms with Crippen LogP contribution in [0.5, 0.6) is 11.5 Å². The van der Waals surface area contributed by atoms with Gasteiger partial charge in [-0.3, -0.25) is 14.2 Å². The Hall–Kier alpha value is -3.61. The third-order valence-corrected chi connectivity index (χ3v) is 4.23. The number of amides is 1. The van der Waals surface area contributed by atoms with Crippen molar-refractivity contribution in [3.8, 4) is 22.8 Å². The number of aromatic nitrogens is 2. The summed E-state index contributed by atoms with van der Waals surface area (Å²) >= 11 is 0. The summed E-state index contributed by atoms with van der Waals surface area (Å²) in [6, 6.07) is 16.1. The van der Waals surface area contributed by atoms with Gasteiger partial charge in [0.1, 0.15) is 18.0 Å². The maximum absolute atomic E-state index is 12.3. The van der Waals surface area contributed by atoms with Crippen molar-refractivity contribution in [1.82, 2.24) is 14.9 Å². The molecule has 1 heterocycles. The Labute approximate surface area is 162 Å². The van der Waals surface area contributed by atoms with Crippen LogP contribution in [0.3, 0.4) is 0 Å². The molecule has 0 aliphatic heterocycles. The first-order chi connectivity index (χ1) is 13.6. The first-order valence-corrected chi connectivity index (χ1v) is 8.69. The van der Waals surface area contributed by atoms with Crippen LogP contribution in [0.2, 0.25) is 0 Å². The molecular formula is C21H21N3O4. The van der Waals surface area contributed by atoms with Crippen molar-refractivity contribution in [2.45, 2.75) is 13.1 Å². The highest BCUT2D eigenvalue weighted by atomic mass is 16.5. The molecule has 0 aliphatic carbocycles. The fourth-order valence-corrected chi connectivity index (χ4v) is 2.62. The molecule has 3 aromatic rings. The van der Waals surface area contributed by atoms with Gasteiger partial charge in [-0.1, -0.05) is 12.1 Å². The molecule has 0 fully saturated rings. The molecule has 1 N–H and O–H groups in total. The standard InChI is InChI=1S/C21H21N3O4/c1-27-17-7-3-15(4-8-17)12-22-20(25)13-24-14-23-19(11-21(24)26)16-5-9-18(28-2)10-6-16/h3-11,14H,12-13H2,1-2H3,(H,22,25). The van der Waals surface area contributed by atoms with Crippen LogP contribution in [0.15, 0.2) is 65.7 Å². The third-order valence-electron chi connectivity index (χ3n) is 4.23. The van der Waals surface area contributed by atoms with Crippen molar-refractivity contribution in [3.05, 3.63) is 76.8 Å². The first-order valence-electron chi connectivity index (χ1n) is 8.69. The summed E-state index contributed by atoms with van der Waals surface area (Å²) in [5.41, 5.74) is 1.99. The maximum atomic E-state index is 12.3. The molecule has 2 aromatic carbocycles. The number of carbonyl (C=O) groups excluding carboxylic acids is 1. The van der Waals surface area contributed by atoms with Gasteiger partial charge < -0.3 is 14.8 Å². The minimum absolute atomic E-state index is 0.0924. The second-order valence-electron chi connectivity index (χ2n) is 6.09. The average molecular weight is 379 g/mol. The Kier molecular flexibility index (Phi) is 6.06. The van der Waals surface area contributed by atoms with E-state index in [0.717, 1.165) is 22.6 Å². The highest BCUT2D eigenvalue weighted by molar-refractivity contribution is 5.75. The quantitative estimate of drug-likeness (QED) is 0.681. The Morgan fingerprint density at radius 3 is 2.18 bits per heavy atom. The average Bonchev–Trinajstić information content (AvgIpc) is 2.74. The molecule has 0 saturated carbocycles. The fraction of sp³-hybridized carbons (Fsp3) is 0.190. The number of nitrogens with zero attached hydrogens (tertiary/aromatic N) is 2. The number of methoxy groups -OCH3 is 2. The molecule has 0 aliphatic rings. The van der Waals surface area contributed by atoms with Crippen LogP contribution >= 0.6 is 0 Å². The van der Waals surface area contributed by atoms with Gasteiger partial charge in [0.2, 0.25) is 5.91 Å². The van der Waals surface area contributed by atoms with Crippen molar-refractivity contribution in [1.29, 1.82) is 0 Å². The third kappa shape index (κ3) is 4.76. The molecule has 1 amide bonds. The normalized spacial score (nSPS) is 10.4. The van der Waals surface area contributed by atoms with E-state index in [9.17, 15) is 9.59 Å². The van der Waals surface area contributed by atoms with Crippen LogP contribution in [-0.2, 0) is 17.9 Å². The topological polar surface area (TPSA) is 82.4 Å². The van der Waals surface area contributed by atoms with Crippen LogP contribution in [0.25, 0.3) is 11.3 Å². The zero-order valence-corrected chi connectivity index (χ0v) is 15.7. The summed E-state index contributed by atoms with van der Waals surface area (Å²) in [7, 11) is 3.19. The van der Waals surface area contributed by atoms with E-state index < -0.39 is 0 Å². The lowest BCUT2D eigenvalue weighted by molar-refractivity contribution is -0.121. The highest BCUT2D eigenvalue weighted by Crippen LogP contribution is 2.19. The lowest BCUT2D eigenvalue weighted by atomic mass is 10.1. The molecular weight excluding hydrogens is 358 g/mol. The Morgan fingerprint density at radius 2 is 1.61 bits per heavy atom. The first kappa shape index (κ1) is 19.2. The van der Waals surface area contributed by atoms with Gasteiger partial charge in [0, 0.05) is 18.2 Å². The molecule has 0 unspecified atom stereocenters. The van der Waals surface area contributed by atoms with Crippen molar-refractivity contribution < 1.29 is 14.3 Å². The SMILES string of the molecule is COc1ccc(CNC(=O)Cn2cnc(-c3ccc(OC)cc3)cc2=O)cc1. The van der Waals surface area contributed by atoms with Crippen LogP contribution in [0, 0.1) is 0 Å².